The fourth-order valence-corrected chi connectivity index (χ4v) is 4.28. The number of aliphatic hydroxyl groups is 1. The van der Waals surface area contributed by atoms with Gasteiger partial charge < -0.3 is 19.4 Å². The predicted molar refractivity (Wildman–Crippen MR) is 64.1 cm³/mol. The number of nitrogens with zero attached hydrogens (tertiary/aromatic N) is 1. The van der Waals surface area contributed by atoms with Crippen LogP contribution in [0.15, 0.2) is 0 Å². The molecule has 6 nitrogen and oxygen atoms in total. The molecule has 0 spiro atoms. The average molecular weight is 265 g/mol. The second-order valence-corrected chi connectivity index (χ2v) is 6.47. The topological polar surface area (TPSA) is 81.8 Å². The van der Waals surface area contributed by atoms with Crippen molar-refractivity contribution < 1.29 is 23.5 Å². The first kappa shape index (κ1) is 14.6. The summed E-state index contributed by atoms with van der Waals surface area (Å²) < 4.78 is 23.8. The minimum absolute atomic E-state index is 0.193. The molecule has 0 radical (unpaired) electrons. The van der Waals surface area contributed by atoms with Gasteiger partial charge in [0.25, 0.3) is 5.28 Å². The molecule has 1 rings (SSSR count). The van der Waals surface area contributed by atoms with Crippen LogP contribution in [0.3, 0.4) is 0 Å². The van der Waals surface area contributed by atoms with Gasteiger partial charge in [-0.2, -0.15) is 4.74 Å². The average Bonchev–Trinajstić information content (AvgIpc) is 2.57. The van der Waals surface area contributed by atoms with Crippen LogP contribution in [0.25, 0.3) is 0 Å². The van der Waals surface area contributed by atoms with E-state index in [9.17, 15) is 14.9 Å². The van der Waals surface area contributed by atoms with Crippen molar-refractivity contribution >= 4 is 13.8 Å². The number of hydrogen-bond acceptors (Lipinski definition) is 5. The highest BCUT2D eigenvalue weighted by molar-refractivity contribution is 7.55. The van der Waals surface area contributed by atoms with Crippen LogP contribution in [0.1, 0.15) is 27.2 Å². The molecule has 0 saturated carbocycles. The first-order valence-electron chi connectivity index (χ1n) is 5.76. The standard InChI is InChI=1S/C10H20NO5P/c1-4-15-17(14,16-5-2)10(3)9(8-12)6-7-11(10)13/h7,9,12H,4-6,8H2,1-3H3/t9-,10+/m0/s1. The number of hydrogen-bond donors (Lipinski definition) is 1. The van der Waals surface area contributed by atoms with Gasteiger partial charge in [0, 0.05) is 13.3 Å². The number of rotatable bonds is 6. The monoisotopic (exact) mass is 265 g/mol. The molecule has 0 amide bonds. The molecule has 0 bridgehead atoms. The highest BCUT2D eigenvalue weighted by atomic mass is 31.2. The van der Waals surface area contributed by atoms with Crippen LogP contribution < -0.4 is 0 Å². The van der Waals surface area contributed by atoms with E-state index >= 15 is 0 Å². The van der Waals surface area contributed by atoms with Gasteiger partial charge >= 0.3 is 7.60 Å². The van der Waals surface area contributed by atoms with Crippen molar-refractivity contribution in [1.82, 2.24) is 0 Å². The second-order valence-electron chi connectivity index (χ2n) is 4.05. The lowest BCUT2D eigenvalue weighted by molar-refractivity contribution is -0.515. The summed E-state index contributed by atoms with van der Waals surface area (Å²) in [7, 11) is -3.59. The molecule has 0 aromatic heterocycles. The molecular formula is C10H20NO5P. The molecule has 100 valence electrons. The maximum Gasteiger partial charge on any atom is 0.402 e. The SMILES string of the molecule is CCOP(=O)(OCC)[C@]1(C)[C@H](CO)CC=[N+]1[O-]. The van der Waals surface area contributed by atoms with E-state index in [1.807, 2.05) is 0 Å². The number of aliphatic hydroxyl groups excluding tert-OH is 1. The molecule has 0 unspecified atom stereocenters. The molecule has 0 fully saturated rings. The van der Waals surface area contributed by atoms with Gasteiger partial charge in [-0.1, -0.05) is 0 Å². The summed E-state index contributed by atoms with van der Waals surface area (Å²) in [6.07, 6.45) is 1.76. The molecule has 0 aromatic carbocycles. The fourth-order valence-electron chi connectivity index (χ4n) is 2.04. The highest BCUT2D eigenvalue weighted by Gasteiger charge is 2.62. The van der Waals surface area contributed by atoms with Crippen LogP contribution >= 0.6 is 7.60 Å². The summed E-state index contributed by atoms with van der Waals surface area (Å²) in [5, 5.41) is 19.8. The molecular weight excluding hydrogens is 245 g/mol. The van der Waals surface area contributed by atoms with Gasteiger partial charge in [-0.15, -0.1) is 0 Å². The maximum atomic E-state index is 12.7. The second kappa shape index (κ2) is 5.48. The van der Waals surface area contributed by atoms with E-state index in [1.165, 1.54) is 13.1 Å². The number of hydroxylamine groups is 1. The Morgan fingerprint density at radius 3 is 2.47 bits per heavy atom. The molecule has 2 atom stereocenters. The molecule has 1 heterocycles. The van der Waals surface area contributed by atoms with Crippen molar-refractivity contribution in [1.29, 1.82) is 0 Å². The Kier molecular flexibility index (Phi) is 4.72. The van der Waals surface area contributed by atoms with Crippen molar-refractivity contribution in [3.63, 3.8) is 0 Å². The van der Waals surface area contributed by atoms with Crippen LogP contribution in [0.2, 0.25) is 0 Å². The van der Waals surface area contributed by atoms with E-state index < -0.39 is 18.8 Å². The van der Waals surface area contributed by atoms with Gasteiger partial charge in [0.1, 0.15) is 0 Å². The molecule has 1 aliphatic rings. The molecule has 0 saturated heterocycles. The Bertz CT molecular complexity index is 336. The molecule has 1 aliphatic heterocycles. The Morgan fingerprint density at radius 2 is 2.06 bits per heavy atom. The van der Waals surface area contributed by atoms with Crippen LogP contribution in [-0.4, -0.2) is 41.2 Å². The quantitative estimate of drug-likeness (QED) is 0.447. The first-order valence-corrected chi connectivity index (χ1v) is 7.30. The zero-order valence-electron chi connectivity index (χ0n) is 10.5. The Morgan fingerprint density at radius 1 is 1.53 bits per heavy atom. The highest BCUT2D eigenvalue weighted by Crippen LogP contribution is 2.64. The summed E-state index contributed by atoms with van der Waals surface area (Å²) in [5.41, 5.74) is 0. The van der Waals surface area contributed by atoms with E-state index in [4.69, 9.17) is 9.05 Å². The van der Waals surface area contributed by atoms with Gasteiger partial charge in [-0.05, 0) is 13.8 Å². The summed E-state index contributed by atoms with van der Waals surface area (Å²) >= 11 is 0. The van der Waals surface area contributed by atoms with E-state index in [1.54, 1.807) is 13.8 Å². The minimum Gasteiger partial charge on any atom is -0.623 e. The zero-order valence-corrected chi connectivity index (χ0v) is 11.4. The Balaban J connectivity index is 3.14. The van der Waals surface area contributed by atoms with Crippen LogP contribution in [0.4, 0.5) is 0 Å². The smallest absolute Gasteiger partial charge is 0.402 e. The zero-order chi connectivity index (χ0) is 13.1. The van der Waals surface area contributed by atoms with E-state index in [-0.39, 0.29) is 19.8 Å². The molecule has 7 heteroatoms. The van der Waals surface area contributed by atoms with Gasteiger partial charge in [0.05, 0.1) is 25.7 Å². The van der Waals surface area contributed by atoms with Crippen LogP contribution in [-0.2, 0) is 13.6 Å². The van der Waals surface area contributed by atoms with Gasteiger partial charge in [0.15, 0.2) is 6.21 Å². The third-order valence-corrected chi connectivity index (χ3v) is 6.02. The minimum atomic E-state index is -3.59. The molecule has 17 heavy (non-hydrogen) atoms. The predicted octanol–water partition coefficient (Wildman–Crippen LogP) is 1.56. The van der Waals surface area contributed by atoms with Gasteiger partial charge in [-0.25, -0.2) is 0 Å². The molecule has 0 aliphatic carbocycles. The molecule has 0 aromatic rings. The van der Waals surface area contributed by atoms with Crippen molar-refractivity contribution in [3.8, 4) is 0 Å². The largest absolute Gasteiger partial charge is 0.623 e. The van der Waals surface area contributed by atoms with Gasteiger partial charge in [0.2, 0.25) is 0 Å². The van der Waals surface area contributed by atoms with Crippen molar-refractivity contribution in [3.05, 3.63) is 5.21 Å². The third-order valence-electron chi connectivity index (χ3n) is 3.15. The third kappa shape index (κ3) is 2.27. The first-order chi connectivity index (χ1) is 7.96. The summed E-state index contributed by atoms with van der Waals surface area (Å²) in [5.74, 6) is -0.441. The summed E-state index contributed by atoms with van der Waals surface area (Å²) in [6, 6.07) is 0. The lowest BCUT2D eigenvalue weighted by atomic mass is 10.0. The van der Waals surface area contributed by atoms with Crippen molar-refractivity contribution in [2.45, 2.75) is 32.5 Å². The van der Waals surface area contributed by atoms with E-state index in [0.717, 1.165) is 0 Å². The Hall–Kier alpha value is -0.420. The maximum absolute atomic E-state index is 12.7. The van der Waals surface area contributed by atoms with E-state index in [2.05, 4.69) is 0 Å². The lowest BCUT2D eigenvalue weighted by Crippen LogP contribution is -2.41. The summed E-state index contributed by atoms with van der Waals surface area (Å²) in [6.45, 7) is 5.07. The van der Waals surface area contributed by atoms with Crippen LogP contribution in [0.5, 0.6) is 0 Å². The lowest BCUT2D eigenvalue weighted by Gasteiger charge is -2.34. The van der Waals surface area contributed by atoms with E-state index in [0.29, 0.717) is 11.2 Å². The van der Waals surface area contributed by atoms with Crippen LogP contribution in [0, 0.1) is 11.1 Å². The van der Waals surface area contributed by atoms with Gasteiger partial charge in [-0.3, -0.25) is 4.57 Å². The van der Waals surface area contributed by atoms with Crippen molar-refractivity contribution in [2.75, 3.05) is 19.8 Å². The fraction of sp³-hybridized carbons (Fsp3) is 0.900. The molecule has 1 N–H and O–H groups in total. The van der Waals surface area contributed by atoms with Crippen molar-refractivity contribution in [2.24, 2.45) is 5.92 Å². The summed E-state index contributed by atoms with van der Waals surface area (Å²) in [4.78, 5) is 0. The normalized spacial score (nSPS) is 29.4. The Labute approximate surface area is 101 Å².